The summed E-state index contributed by atoms with van der Waals surface area (Å²) < 4.78 is 6.06. The Hall–Kier alpha value is -1.40. The number of carboxylic acid groups (broad SMARTS) is 1. The number of aromatic carboxylic acids is 1. The van der Waals surface area contributed by atoms with E-state index in [1.165, 1.54) is 11.3 Å². The zero-order valence-corrected chi connectivity index (χ0v) is 13.7. The van der Waals surface area contributed by atoms with Crippen LogP contribution in [0.25, 0.3) is 10.6 Å². The van der Waals surface area contributed by atoms with Crippen LogP contribution in [0.4, 0.5) is 0 Å². The Morgan fingerprint density at radius 1 is 1.45 bits per heavy atom. The van der Waals surface area contributed by atoms with Crippen molar-refractivity contribution >= 4 is 33.2 Å². The molecule has 2 aromatic rings. The lowest BCUT2D eigenvalue weighted by Gasteiger charge is -2.04. The number of thiazole rings is 1. The van der Waals surface area contributed by atoms with Crippen LogP contribution in [-0.2, 0) is 0 Å². The van der Waals surface area contributed by atoms with E-state index >= 15 is 0 Å². The number of methoxy groups -OCH3 is 1. The van der Waals surface area contributed by atoms with Gasteiger partial charge in [-0.15, -0.1) is 11.3 Å². The number of benzene rings is 1. The number of hydrogen-bond donors (Lipinski definition) is 1. The second kappa shape index (κ2) is 5.93. The van der Waals surface area contributed by atoms with Gasteiger partial charge in [0.25, 0.3) is 0 Å². The molecule has 0 aliphatic heterocycles. The first-order chi connectivity index (χ1) is 9.43. The third-order valence-electron chi connectivity index (χ3n) is 2.80. The second-order valence-electron chi connectivity index (χ2n) is 4.54. The monoisotopic (exact) mass is 355 g/mol. The number of hydrogen-bond acceptors (Lipinski definition) is 4. The number of carbonyl (C=O) groups is 1. The largest absolute Gasteiger partial charge is 0.497 e. The molecule has 4 nitrogen and oxygen atoms in total. The molecule has 0 unspecified atom stereocenters. The van der Waals surface area contributed by atoms with Crippen LogP contribution in [0.15, 0.2) is 22.7 Å². The molecule has 0 saturated heterocycles. The molecular weight excluding hydrogens is 342 g/mol. The van der Waals surface area contributed by atoms with Gasteiger partial charge < -0.3 is 9.84 Å². The summed E-state index contributed by atoms with van der Waals surface area (Å²) in [7, 11) is 1.59. The third-order valence-corrected chi connectivity index (χ3v) is 4.58. The van der Waals surface area contributed by atoms with Gasteiger partial charge in [-0.25, -0.2) is 9.78 Å². The zero-order chi connectivity index (χ0) is 14.9. The fourth-order valence-electron chi connectivity index (χ4n) is 1.79. The van der Waals surface area contributed by atoms with Gasteiger partial charge in [-0.05, 0) is 24.1 Å². The number of rotatable bonds is 4. The van der Waals surface area contributed by atoms with Gasteiger partial charge in [0.05, 0.1) is 12.8 Å². The first kappa shape index (κ1) is 15.0. The lowest BCUT2D eigenvalue weighted by molar-refractivity contribution is 0.0700. The highest BCUT2D eigenvalue weighted by atomic mass is 79.9. The minimum Gasteiger partial charge on any atom is -0.497 e. The SMILES string of the molecule is COc1ccc(Br)c(-c2nc(C(C)C)c(C(=O)O)s2)c1. The molecule has 0 aliphatic carbocycles. The summed E-state index contributed by atoms with van der Waals surface area (Å²) in [5, 5.41) is 9.96. The molecule has 0 fully saturated rings. The van der Waals surface area contributed by atoms with Crippen molar-refractivity contribution in [3.8, 4) is 16.3 Å². The minimum atomic E-state index is -0.934. The molecule has 106 valence electrons. The van der Waals surface area contributed by atoms with Gasteiger partial charge in [0.15, 0.2) is 0 Å². The Labute approximate surface area is 129 Å². The molecule has 0 radical (unpaired) electrons. The number of nitrogens with zero attached hydrogens (tertiary/aromatic N) is 1. The van der Waals surface area contributed by atoms with E-state index in [2.05, 4.69) is 20.9 Å². The molecule has 0 bridgehead atoms. The highest BCUT2D eigenvalue weighted by molar-refractivity contribution is 9.10. The minimum absolute atomic E-state index is 0.0653. The van der Waals surface area contributed by atoms with Crippen molar-refractivity contribution in [2.24, 2.45) is 0 Å². The van der Waals surface area contributed by atoms with Crippen LogP contribution in [0.3, 0.4) is 0 Å². The third kappa shape index (κ3) is 2.86. The van der Waals surface area contributed by atoms with Crippen molar-refractivity contribution < 1.29 is 14.6 Å². The number of carboxylic acids is 1. The van der Waals surface area contributed by atoms with Crippen molar-refractivity contribution in [2.75, 3.05) is 7.11 Å². The van der Waals surface area contributed by atoms with Gasteiger partial charge in [0.2, 0.25) is 0 Å². The summed E-state index contributed by atoms with van der Waals surface area (Å²) in [6.45, 7) is 3.87. The molecular formula is C14H14BrNO3S. The predicted octanol–water partition coefficient (Wildman–Crippen LogP) is 4.40. The van der Waals surface area contributed by atoms with E-state index in [1.54, 1.807) is 7.11 Å². The van der Waals surface area contributed by atoms with Crippen molar-refractivity contribution in [3.63, 3.8) is 0 Å². The van der Waals surface area contributed by atoms with Crippen molar-refractivity contribution in [2.45, 2.75) is 19.8 Å². The lowest BCUT2D eigenvalue weighted by atomic mass is 10.1. The van der Waals surface area contributed by atoms with Gasteiger partial charge in [-0.1, -0.05) is 29.8 Å². The highest BCUT2D eigenvalue weighted by Crippen LogP contribution is 2.37. The number of aromatic nitrogens is 1. The second-order valence-corrected chi connectivity index (χ2v) is 6.39. The average Bonchev–Trinajstić information content (AvgIpc) is 2.84. The maximum atomic E-state index is 11.3. The van der Waals surface area contributed by atoms with Crippen molar-refractivity contribution in [1.29, 1.82) is 0 Å². The van der Waals surface area contributed by atoms with Crippen LogP contribution in [-0.4, -0.2) is 23.2 Å². The lowest BCUT2D eigenvalue weighted by Crippen LogP contribution is -2.00. The van der Waals surface area contributed by atoms with Crippen LogP contribution in [0.2, 0.25) is 0 Å². The zero-order valence-electron chi connectivity index (χ0n) is 11.3. The van der Waals surface area contributed by atoms with Gasteiger partial charge in [0.1, 0.15) is 15.6 Å². The average molecular weight is 356 g/mol. The van der Waals surface area contributed by atoms with E-state index in [1.807, 2.05) is 32.0 Å². The molecule has 0 spiro atoms. The molecule has 2 rings (SSSR count). The predicted molar refractivity (Wildman–Crippen MR) is 82.9 cm³/mol. The highest BCUT2D eigenvalue weighted by Gasteiger charge is 2.21. The van der Waals surface area contributed by atoms with Crippen LogP contribution < -0.4 is 4.74 Å². The van der Waals surface area contributed by atoms with Crippen molar-refractivity contribution in [1.82, 2.24) is 4.98 Å². The van der Waals surface area contributed by atoms with E-state index in [4.69, 9.17) is 4.74 Å². The molecule has 20 heavy (non-hydrogen) atoms. The Morgan fingerprint density at radius 2 is 2.15 bits per heavy atom. The number of halogens is 1. The Balaban J connectivity index is 2.58. The maximum absolute atomic E-state index is 11.3. The summed E-state index contributed by atoms with van der Waals surface area (Å²) in [5.41, 5.74) is 1.45. The van der Waals surface area contributed by atoms with E-state index in [9.17, 15) is 9.90 Å². The standard InChI is InChI=1S/C14H14BrNO3S/c1-7(2)11-12(14(17)18)20-13(16-11)9-6-8(19-3)4-5-10(9)15/h4-7H,1-3H3,(H,17,18). The van der Waals surface area contributed by atoms with E-state index in [0.717, 1.165) is 10.0 Å². The molecule has 0 amide bonds. The molecule has 0 atom stereocenters. The van der Waals surface area contributed by atoms with Crippen LogP contribution in [0.5, 0.6) is 5.75 Å². The van der Waals surface area contributed by atoms with Gasteiger partial charge >= 0.3 is 5.97 Å². The van der Waals surface area contributed by atoms with Gasteiger partial charge in [0, 0.05) is 10.0 Å². The maximum Gasteiger partial charge on any atom is 0.347 e. The van der Waals surface area contributed by atoms with E-state index < -0.39 is 5.97 Å². The summed E-state index contributed by atoms with van der Waals surface area (Å²) in [6.07, 6.45) is 0. The molecule has 6 heteroatoms. The number of ether oxygens (including phenoxy) is 1. The Kier molecular flexibility index (Phi) is 4.45. The quantitative estimate of drug-likeness (QED) is 0.882. The molecule has 0 aliphatic rings. The van der Waals surface area contributed by atoms with E-state index in [-0.39, 0.29) is 5.92 Å². The van der Waals surface area contributed by atoms with E-state index in [0.29, 0.717) is 21.3 Å². The Bertz CT molecular complexity index is 652. The first-order valence-electron chi connectivity index (χ1n) is 6.02. The molecule has 1 N–H and O–H groups in total. The fraction of sp³-hybridized carbons (Fsp3) is 0.286. The van der Waals surface area contributed by atoms with Crippen LogP contribution in [0.1, 0.15) is 35.1 Å². The van der Waals surface area contributed by atoms with Gasteiger partial charge in [-0.2, -0.15) is 0 Å². The van der Waals surface area contributed by atoms with Crippen LogP contribution >= 0.6 is 27.3 Å². The van der Waals surface area contributed by atoms with Crippen LogP contribution in [0, 0.1) is 0 Å². The summed E-state index contributed by atoms with van der Waals surface area (Å²) in [5.74, 6) is -0.159. The van der Waals surface area contributed by atoms with Gasteiger partial charge in [-0.3, -0.25) is 0 Å². The molecule has 1 heterocycles. The topological polar surface area (TPSA) is 59.4 Å². The fourth-order valence-corrected chi connectivity index (χ4v) is 3.44. The first-order valence-corrected chi connectivity index (χ1v) is 7.63. The van der Waals surface area contributed by atoms with Crippen molar-refractivity contribution in [3.05, 3.63) is 33.2 Å². The molecule has 0 saturated carbocycles. The molecule has 1 aromatic heterocycles. The summed E-state index contributed by atoms with van der Waals surface area (Å²) >= 11 is 4.65. The smallest absolute Gasteiger partial charge is 0.347 e. The molecule has 1 aromatic carbocycles. The summed E-state index contributed by atoms with van der Waals surface area (Å²) in [6, 6.07) is 5.55. The normalized spacial score (nSPS) is 10.8. The Morgan fingerprint density at radius 3 is 2.65 bits per heavy atom. The summed E-state index contributed by atoms with van der Waals surface area (Å²) in [4.78, 5) is 16.1.